The highest BCUT2D eigenvalue weighted by Crippen LogP contribution is 2.28. The Morgan fingerprint density at radius 2 is 2.00 bits per heavy atom. The van der Waals surface area contributed by atoms with E-state index in [1.54, 1.807) is 13.1 Å². The summed E-state index contributed by atoms with van der Waals surface area (Å²) in [5.41, 5.74) is 0.804. The molecule has 0 saturated heterocycles. The topological polar surface area (TPSA) is 41.1 Å². The molecule has 2 aromatic carbocycles. The highest BCUT2D eigenvalue weighted by Gasteiger charge is 2.21. The molecule has 122 valence electrons. The molecule has 2 aromatic rings. The first-order valence-corrected chi connectivity index (χ1v) is 8.30. The van der Waals surface area contributed by atoms with Crippen molar-refractivity contribution >= 4 is 17.7 Å². The Morgan fingerprint density at radius 3 is 2.70 bits per heavy atom. The summed E-state index contributed by atoms with van der Waals surface area (Å²) in [6.07, 6.45) is 1.93. The minimum Gasteiger partial charge on any atom is -0.344 e. The van der Waals surface area contributed by atoms with Gasteiger partial charge in [-0.15, -0.1) is 11.8 Å². The van der Waals surface area contributed by atoms with Crippen molar-refractivity contribution in [3.05, 3.63) is 65.2 Å². The van der Waals surface area contributed by atoms with Crippen LogP contribution in [0.4, 0.5) is 8.78 Å². The van der Waals surface area contributed by atoms with E-state index in [1.165, 1.54) is 11.8 Å². The van der Waals surface area contributed by atoms with Crippen LogP contribution in [-0.2, 0) is 4.79 Å². The first kappa shape index (κ1) is 17.4. The molecule has 0 aromatic heterocycles. The maximum atomic E-state index is 14.2. The van der Waals surface area contributed by atoms with Gasteiger partial charge in [0, 0.05) is 10.5 Å². The number of carbonyl (C=O) groups excluding carboxylic acids is 1. The van der Waals surface area contributed by atoms with Crippen molar-refractivity contribution in [3.8, 4) is 0 Å². The van der Waals surface area contributed by atoms with Gasteiger partial charge in [-0.3, -0.25) is 4.79 Å². The quantitative estimate of drug-likeness (QED) is 0.797. The van der Waals surface area contributed by atoms with Crippen molar-refractivity contribution in [3.63, 3.8) is 0 Å². The summed E-state index contributed by atoms with van der Waals surface area (Å²) >= 11 is 1.54. The highest BCUT2D eigenvalue weighted by molar-refractivity contribution is 7.98. The van der Waals surface area contributed by atoms with E-state index in [1.807, 2.05) is 24.5 Å². The molecule has 0 saturated carbocycles. The molecule has 0 aliphatic carbocycles. The van der Waals surface area contributed by atoms with Gasteiger partial charge in [0.1, 0.15) is 11.6 Å². The summed E-state index contributed by atoms with van der Waals surface area (Å²) in [4.78, 5) is 12.9. The van der Waals surface area contributed by atoms with Gasteiger partial charge in [-0.05, 0) is 49.2 Å². The summed E-state index contributed by atoms with van der Waals surface area (Å²) < 4.78 is 27.7. The molecule has 2 rings (SSSR count). The zero-order valence-corrected chi connectivity index (χ0v) is 13.7. The Morgan fingerprint density at radius 1 is 1.22 bits per heavy atom. The number of benzene rings is 2. The average molecular weight is 336 g/mol. The van der Waals surface area contributed by atoms with E-state index in [2.05, 4.69) is 10.6 Å². The van der Waals surface area contributed by atoms with Crippen LogP contribution in [0.2, 0.25) is 0 Å². The second-order valence-corrected chi connectivity index (χ2v) is 5.85. The van der Waals surface area contributed by atoms with Crippen LogP contribution in [-0.4, -0.2) is 25.8 Å². The lowest BCUT2D eigenvalue weighted by Gasteiger charge is -2.21. The fourth-order valence-corrected chi connectivity index (χ4v) is 2.74. The first-order valence-electron chi connectivity index (χ1n) is 7.08. The highest BCUT2D eigenvalue weighted by atomic mass is 32.2. The number of hydrogen-bond acceptors (Lipinski definition) is 3. The number of hydrogen-bond donors (Lipinski definition) is 2. The summed E-state index contributed by atoms with van der Waals surface area (Å²) in [7, 11) is 1.64. The minimum absolute atomic E-state index is 0.0929. The third kappa shape index (κ3) is 4.53. The molecule has 23 heavy (non-hydrogen) atoms. The van der Waals surface area contributed by atoms with Crippen LogP contribution >= 0.6 is 11.8 Å². The van der Waals surface area contributed by atoms with Crippen molar-refractivity contribution in [1.29, 1.82) is 0 Å². The van der Waals surface area contributed by atoms with Gasteiger partial charge in [0.25, 0.3) is 0 Å². The third-order valence-electron chi connectivity index (χ3n) is 3.34. The zero-order valence-electron chi connectivity index (χ0n) is 12.9. The third-order valence-corrected chi connectivity index (χ3v) is 4.06. The Labute approximate surface area is 138 Å². The van der Waals surface area contributed by atoms with E-state index in [4.69, 9.17) is 0 Å². The number of nitrogens with one attached hydrogen (secondary N) is 2. The lowest BCUT2D eigenvalue weighted by atomic mass is 9.98. The maximum Gasteiger partial charge on any atom is 0.234 e. The van der Waals surface area contributed by atoms with Gasteiger partial charge >= 0.3 is 0 Å². The smallest absolute Gasteiger partial charge is 0.234 e. The van der Waals surface area contributed by atoms with Crippen molar-refractivity contribution in [2.75, 3.05) is 19.8 Å². The van der Waals surface area contributed by atoms with Crippen LogP contribution in [0.15, 0.2) is 47.4 Å². The monoisotopic (exact) mass is 336 g/mol. The van der Waals surface area contributed by atoms with Gasteiger partial charge in [0.15, 0.2) is 0 Å². The molecule has 0 fully saturated rings. The van der Waals surface area contributed by atoms with E-state index in [0.717, 1.165) is 23.1 Å². The molecular formula is C17H18F2N2OS. The van der Waals surface area contributed by atoms with Gasteiger partial charge in [-0.2, -0.15) is 0 Å². The van der Waals surface area contributed by atoms with E-state index in [0.29, 0.717) is 5.56 Å². The van der Waals surface area contributed by atoms with Gasteiger partial charge in [-0.1, -0.05) is 12.1 Å². The summed E-state index contributed by atoms with van der Waals surface area (Å²) in [5, 5.41) is 5.49. The van der Waals surface area contributed by atoms with Gasteiger partial charge in [0.05, 0.1) is 12.6 Å². The number of carbonyl (C=O) groups is 1. The van der Waals surface area contributed by atoms with Crippen molar-refractivity contribution in [2.45, 2.75) is 10.9 Å². The molecule has 1 unspecified atom stereocenters. The number of halogens is 2. The normalized spacial score (nSPS) is 12.0. The van der Waals surface area contributed by atoms with Gasteiger partial charge in [0.2, 0.25) is 5.91 Å². The molecule has 0 bridgehead atoms. The van der Waals surface area contributed by atoms with E-state index in [-0.39, 0.29) is 18.0 Å². The second-order valence-electron chi connectivity index (χ2n) is 4.97. The molecule has 3 nitrogen and oxygen atoms in total. The van der Waals surface area contributed by atoms with Crippen molar-refractivity contribution < 1.29 is 13.6 Å². The maximum absolute atomic E-state index is 14.2. The molecule has 0 aliphatic heterocycles. The summed E-state index contributed by atoms with van der Waals surface area (Å²) in [6, 6.07) is 9.89. The molecule has 2 N–H and O–H groups in total. The summed E-state index contributed by atoms with van der Waals surface area (Å²) in [5.74, 6) is -1.40. The Hall–Kier alpha value is -1.92. The summed E-state index contributed by atoms with van der Waals surface area (Å²) in [6.45, 7) is 0.0929. The van der Waals surface area contributed by atoms with E-state index in [9.17, 15) is 13.6 Å². The number of likely N-dealkylation sites (N-methyl/N-ethyl adjacent to an activating group) is 1. The fourth-order valence-electron chi connectivity index (χ4n) is 2.27. The van der Waals surface area contributed by atoms with E-state index < -0.39 is 17.7 Å². The zero-order chi connectivity index (χ0) is 16.8. The van der Waals surface area contributed by atoms with Crippen LogP contribution in [0.3, 0.4) is 0 Å². The molecule has 0 aliphatic rings. The number of rotatable bonds is 6. The standard InChI is InChI=1S/C17H18F2N2OS/c1-20-10-16(22)21-17(11-4-3-5-13(8-11)23-2)14-9-12(18)6-7-15(14)19/h3-9,17,20H,10H2,1-2H3,(H,21,22). The lowest BCUT2D eigenvalue weighted by molar-refractivity contribution is -0.120. The molecule has 0 spiro atoms. The molecule has 0 heterocycles. The van der Waals surface area contributed by atoms with Crippen molar-refractivity contribution in [2.24, 2.45) is 0 Å². The van der Waals surface area contributed by atoms with Crippen LogP contribution < -0.4 is 10.6 Å². The fraction of sp³-hybridized carbons (Fsp3) is 0.235. The van der Waals surface area contributed by atoms with Gasteiger partial charge in [-0.25, -0.2) is 8.78 Å². The number of thioether (sulfide) groups is 1. The van der Waals surface area contributed by atoms with Crippen LogP contribution in [0, 0.1) is 11.6 Å². The molecule has 1 amide bonds. The van der Waals surface area contributed by atoms with Crippen molar-refractivity contribution in [1.82, 2.24) is 10.6 Å². The molecule has 1 atom stereocenters. The van der Waals surface area contributed by atoms with E-state index >= 15 is 0 Å². The molecule has 6 heteroatoms. The van der Waals surface area contributed by atoms with Crippen LogP contribution in [0.1, 0.15) is 17.2 Å². The Bertz CT molecular complexity index is 694. The Balaban J connectivity index is 2.46. The predicted molar refractivity (Wildman–Crippen MR) is 88.5 cm³/mol. The number of amides is 1. The van der Waals surface area contributed by atoms with Gasteiger partial charge < -0.3 is 10.6 Å². The largest absolute Gasteiger partial charge is 0.344 e. The Kier molecular flexibility index (Phi) is 6.12. The molecular weight excluding hydrogens is 318 g/mol. The molecule has 0 radical (unpaired) electrons. The predicted octanol–water partition coefficient (Wildman–Crippen LogP) is 3.11. The van der Waals surface area contributed by atoms with Crippen LogP contribution in [0.25, 0.3) is 0 Å². The lowest BCUT2D eigenvalue weighted by Crippen LogP contribution is -2.36. The minimum atomic E-state index is -0.751. The van der Waals surface area contributed by atoms with Crippen LogP contribution in [0.5, 0.6) is 0 Å². The second kappa shape index (κ2) is 8.08. The average Bonchev–Trinajstić information content (AvgIpc) is 2.55. The SMILES string of the molecule is CNCC(=O)NC(c1cccc(SC)c1)c1cc(F)ccc1F. The first-order chi connectivity index (χ1) is 11.0.